The fourth-order valence-electron chi connectivity index (χ4n) is 3.75. The fraction of sp³-hybridized carbons (Fsp3) is 0.217. The second-order valence-corrected chi connectivity index (χ2v) is 6.50. The summed E-state index contributed by atoms with van der Waals surface area (Å²) < 4.78 is 10.2. The van der Waals surface area contributed by atoms with E-state index in [1.165, 1.54) is 14.2 Å². The van der Waals surface area contributed by atoms with Crippen LogP contribution in [0.3, 0.4) is 0 Å². The minimum Gasteiger partial charge on any atom is -0.466 e. The Balaban J connectivity index is 2.32. The van der Waals surface area contributed by atoms with Gasteiger partial charge in [0.25, 0.3) is 0 Å². The average molecular weight is 377 g/mol. The van der Waals surface area contributed by atoms with E-state index in [0.29, 0.717) is 11.1 Å². The van der Waals surface area contributed by atoms with E-state index in [4.69, 9.17) is 9.47 Å². The number of carbonyl (C=O) groups is 2. The Hall–Kier alpha value is -3.34. The van der Waals surface area contributed by atoms with Crippen LogP contribution in [0.4, 0.5) is 5.69 Å². The largest absolute Gasteiger partial charge is 0.466 e. The van der Waals surface area contributed by atoms with Gasteiger partial charge in [0.15, 0.2) is 0 Å². The van der Waals surface area contributed by atoms with E-state index in [1.807, 2.05) is 79.4 Å². The summed E-state index contributed by atoms with van der Waals surface area (Å²) in [5.74, 6) is -1.51. The maximum atomic E-state index is 12.8. The van der Waals surface area contributed by atoms with Gasteiger partial charge >= 0.3 is 11.9 Å². The zero-order valence-corrected chi connectivity index (χ0v) is 16.4. The number of esters is 2. The summed E-state index contributed by atoms with van der Waals surface area (Å²) >= 11 is 0. The lowest BCUT2D eigenvalue weighted by atomic mass is 9.79. The Bertz CT molecular complexity index is 905. The Morgan fingerprint density at radius 1 is 0.750 bits per heavy atom. The molecule has 0 amide bonds. The molecule has 144 valence electrons. The predicted molar refractivity (Wildman–Crippen MR) is 108 cm³/mol. The first-order valence-electron chi connectivity index (χ1n) is 8.99. The van der Waals surface area contributed by atoms with Gasteiger partial charge in [-0.3, -0.25) is 0 Å². The predicted octanol–water partition coefficient (Wildman–Crippen LogP) is 4.18. The van der Waals surface area contributed by atoms with Crippen molar-refractivity contribution < 1.29 is 19.1 Å². The van der Waals surface area contributed by atoms with Crippen LogP contribution in [0.15, 0.2) is 83.2 Å². The van der Waals surface area contributed by atoms with Gasteiger partial charge in [0.1, 0.15) is 0 Å². The molecule has 0 atom stereocenters. The molecule has 3 rings (SSSR count). The molecule has 2 aromatic carbocycles. The van der Waals surface area contributed by atoms with Gasteiger partial charge in [-0.15, -0.1) is 0 Å². The van der Waals surface area contributed by atoms with E-state index in [1.54, 1.807) is 0 Å². The molecule has 0 aromatic heterocycles. The number of para-hydroxylation sites is 1. The van der Waals surface area contributed by atoms with Gasteiger partial charge < -0.3 is 14.4 Å². The van der Waals surface area contributed by atoms with Gasteiger partial charge in [0.2, 0.25) is 0 Å². The van der Waals surface area contributed by atoms with E-state index >= 15 is 0 Å². The first kappa shape index (κ1) is 19.4. The first-order valence-corrected chi connectivity index (χ1v) is 8.99. The summed E-state index contributed by atoms with van der Waals surface area (Å²) in [7, 11) is 2.70. The van der Waals surface area contributed by atoms with E-state index in [0.717, 1.165) is 22.6 Å². The lowest BCUT2D eigenvalue weighted by molar-refractivity contribution is -0.137. The molecule has 1 aliphatic rings. The van der Waals surface area contributed by atoms with Gasteiger partial charge in [-0.1, -0.05) is 48.5 Å². The third kappa shape index (κ3) is 3.31. The number of hydrogen-bond acceptors (Lipinski definition) is 5. The lowest BCUT2D eigenvalue weighted by Crippen LogP contribution is -2.35. The van der Waals surface area contributed by atoms with Crippen molar-refractivity contribution >= 4 is 17.6 Å². The number of carbonyl (C=O) groups excluding carboxylic acids is 2. The van der Waals surface area contributed by atoms with Crippen LogP contribution in [0.5, 0.6) is 0 Å². The number of benzene rings is 2. The van der Waals surface area contributed by atoms with Gasteiger partial charge in [0, 0.05) is 17.1 Å². The third-order valence-electron chi connectivity index (χ3n) is 4.99. The van der Waals surface area contributed by atoms with Crippen molar-refractivity contribution in [2.24, 2.45) is 0 Å². The van der Waals surface area contributed by atoms with E-state index in [-0.39, 0.29) is 0 Å². The molecular formula is C23H23NO4. The molecule has 0 saturated carbocycles. The van der Waals surface area contributed by atoms with Gasteiger partial charge in [0.05, 0.1) is 31.3 Å². The molecule has 0 aliphatic carbocycles. The Kier molecular flexibility index (Phi) is 5.64. The van der Waals surface area contributed by atoms with Gasteiger partial charge in [-0.2, -0.15) is 0 Å². The van der Waals surface area contributed by atoms with Crippen LogP contribution in [-0.4, -0.2) is 26.2 Å². The minimum absolute atomic E-state index is 0.420. The maximum absolute atomic E-state index is 12.8. The molecule has 0 unspecified atom stereocenters. The van der Waals surface area contributed by atoms with E-state index in [9.17, 15) is 9.59 Å². The van der Waals surface area contributed by atoms with Crippen LogP contribution < -0.4 is 4.90 Å². The molecule has 1 aliphatic heterocycles. The molecule has 0 spiro atoms. The average Bonchev–Trinajstić information content (AvgIpc) is 2.73. The molecule has 0 bridgehead atoms. The molecule has 1 heterocycles. The topological polar surface area (TPSA) is 55.8 Å². The van der Waals surface area contributed by atoms with Crippen molar-refractivity contribution in [3.05, 3.63) is 88.8 Å². The number of rotatable bonds is 4. The minimum atomic E-state index is -0.568. The molecule has 0 saturated heterocycles. The fourth-order valence-corrected chi connectivity index (χ4v) is 3.75. The highest BCUT2D eigenvalue weighted by Gasteiger charge is 2.40. The third-order valence-corrected chi connectivity index (χ3v) is 4.99. The number of hydrogen-bond donors (Lipinski definition) is 0. The number of anilines is 1. The Morgan fingerprint density at radius 3 is 1.61 bits per heavy atom. The van der Waals surface area contributed by atoms with Crippen LogP contribution >= 0.6 is 0 Å². The highest BCUT2D eigenvalue weighted by molar-refractivity contribution is 6.01. The summed E-state index contributed by atoms with van der Waals surface area (Å²) in [6, 6.07) is 19.1. The van der Waals surface area contributed by atoms with Crippen molar-refractivity contribution in [1.82, 2.24) is 0 Å². The number of methoxy groups -OCH3 is 2. The maximum Gasteiger partial charge on any atom is 0.336 e. The molecule has 0 radical (unpaired) electrons. The van der Waals surface area contributed by atoms with Crippen LogP contribution in [0.25, 0.3) is 0 Å². The second-order valence-electron chi connectivity index (χ2n) is 6.50. The summed E-state index contributed by atoms with van der Waals surface area (Å²) in [6.45, 7) is 3.74. The van der Waals surface area contributed by atoms with Crippen molar-refractivity contribution in [3.8, 4) is 0 Å². The summed E-state index contributed by atoms with van der Waals surface area (Å²) in [5.41, 5.74) is 3.96. The van der Waals surface area contributed by atoms with Crippen LogP contribution in [0, 0.1) is 0 Å². The van der Waals surface area contributed by atoms with Crippen LogP contribution in [-0.2, 0) is 19.1 Å². The number of ether oxygens (including phenoxy) is 2. The van der Waals surface area contributed by atoms with Gasteiger partial charge in [-0.05, 0) is 31.5 Å². The highest BCUT2D eigenvalue weighted by Crippen LogP contribution is 2.44. The Morgan fingerprint density at radius 2 is 1.18 bits per heavy atom. The van der Waals surface area contributed by atoms with Crippen LogP contribution in [0.2, 0.25) is 0 Å². The number of allylic oxidation sites excluding steroid dienone is 2. The molecule has 0 fully saturated rings. The lowest BCUT2D eigenvalue weighted by Gasteiger charge is -2.37. The van der Waals surface area contributed by atoms with Crippen molar-refractivity contribution in [2.75, 3.05) is 19.1 Å². The van der Waals surface area contributed by atoms with Crippen molar-refractivity contribution in [1.29, 1.82) is 0 Å². The zero-order valence-electron chi connectivity index (χ0n) is 16.4. The normalized spacial score (nSPS) is 14.9. The summed E-state index contributed by atoms with van der Waals surface area (Å²) in [4.78, 5) is 27.5. The molecule has 5 nitrogen and oxygen atoms in total. The SMILES string of the molecule is COC(=O)C1=C(C)N(c2ccccc2)C(C)=C(C(=O)OC)C1c1ccccc1. The molecule has 2 aromatic rings. The Labute approximate surface area is 164 Å². The van der Waals surface area contributed by atoms with Crippen molar-refractivity contribution in [2.45, 2.75) is 19.8 Å². The highest BCUT2D eigenvalue weighted by atomic mass is 16.5. The van der Waals surface area contributed by atoms with E-state index < -0.39 is 17.9 Å². The zero-order chi connectivity index (χ0) is 20.3. The van der Waals surface area contributed by atoms with Crippen LogP contribution in [0.1, 0.15) is 25.3 Å². The summed E-state index contributed by atoms with van der Waals surface area (Å²) in [5, 5.41) is 0. The number of nitrogens with zero attached hydrogens (tertiary/aromatic N) is 1. The van der Waals surface area contributed by atoms with Gasteiger partial charge in [-0.25, -0.2) is 9.59 Å². The molecule has 0 N–H and O–H groups in total. The standard InChI is InChI=1S/C23H23NO4/c1-15-19(22(25)27-3)21(17-11-7-5-8-12-17)20(23(26)28-4)16(2)24(15)18-13-9-6-10-14-18/h5-14,21H,1-4H3. The van der Waals surface area contributed by atoms with E-state index in [2.05, 4.69) is 0 Å². The second kappa shape index (κ2) is 8.13. The molecular weight excluding hydrogens is 354 g/mol. The quantitative estimate of drug-likeness (QED) is 0.748. The molecule has 28 heavy (non-hydrogen) atoms. The van der Waals surface area contributed by atoms with Crippen molar-refractivity contribution in [3.63, 3.8) is 0 Å². The smallest absolute Gasteiger partial charge is 0.336 e. The monoisotopic (exact) mass is 377 g/mol. The summed E-state index contributed by atoms with van der Waals surface area (Å²) in [6.07, 6.45) is 0. The molecule has 5 heteroatoms. The first-order chi connectivity index (χ1) is 13.5.